The number of halogens is 2. The van der Waals surface area contributed by atoms with Gasteiger partial charge in [-0.2, -0.15) is 4.68 Å². The average Bonchev–Trinajstić information content (AvgIpc) is 2.76. The van der Waals surface area contributed by atoms with E-state index in [0.717, 1.165) is 4.68 Å². The van der Waals surface area contributed by atoms with E-state index in [0.29, 0.717) is 21.8 Å². The van der Waals surface area contributed by atoms with Gasteiger partial charge in [0.1, 0.15) is 11.6 Å². The van der Waals surface area contributed by atoms with Crippen LogP contribution in [-0.4, -0.2) is 32.8 Å². The average molecular weight is 475 g/mol. The van der Waals surface area contributed by atoms with E-state index in [2.05, 4.69) is 26.3 Å². The van der Waals surface area contributed by atoms with Gasteiger partial charge in [-0.25, -0.2) is 4.79 Å². The van der Waals surface area contributed by atoms with Crippen LogP contribution in [0.4, 0.5) is 10.5 Å². The second-order valence-electron chi connectivity index (χ2n) is 7.07. The number of rotatable bonds is 4. The maximum Gasteiger partial charge on any atom is 0.319 e. The second kappa shape index (κ2) is 8.93. The van der Waals surface area contributed by atoms with Crippen LogP contribution in [0.3, 0.4) is 0 Å². The number of fused-ring (bicyclic) bond motifs is 1. The van der Waals surface area contributed by atoms with E-state index in [9.17, 15) is 19.2 Å². The molecule has 32 heavy (non-hydrogen) atoms. The monoisotopic (exact) mass is 474 g/mol. The number of carbonyl (C=O) groups is 3. The van der Waals surface area contributed by atoms with Gasteiger partial charge in [0.05, 0.1) is 21.1 Å². The van der Waals surface area contributed by atoms with Gasteiger partial charge < -0.3 is 10.6 Å². The van der Waals surface area contributed by atoms with Crippen molar-refractivity contribution in [3.8, 4) is 0 Å². The zero-order valence-electron chi connectivity index (χ0n) is 16.4. The molecule has 0 radical (unpaired) electrons. The summed E-state index contributed by atoms with van der Waals surface area (Å²) in [6, 6.07) is 8.33. The number of amides is 4. The summed E-state index contributed by atoms with van der Waals surface area (Å²) in [7, 11) is 0. The van der Waals surface area contributed by atoms with Crippen molar-refractivity contribution in [1.29, 1.82) is 0 Å². The van der Waals surface area contributed by atoms with Crippen LogP contribution in [-0.2, 0) is 16.1 Å². The van der Waals surface area contributed by atoms with Gasteiger partial charge >= 0.3 is 6.03 Å². The molecular weight excluding hydrogens is 459 g/mol. The Morgan fingerprint density at radius 2 is 2.00 bits per heavy atom. The Balaban J connectivity index is 1.47. The number of hydrogen-bond donors (Lipinski definition) is 3. The predicted molar refractivity (Wildman–Crippen MR) is 118 cm³/mol. The summed E-state index contributed by atoms with van der Waals surface area (Å²) in [5.74, 6) is -0.963. The normalized spacial score (nSPS) is 16.0. The van der Waals surface area contributed by atoms with Gasteiger partial charge in [-0.15, -0.1) is 5.10 Å². The van der Waals surface area contributed by atoms with Gasteiger partial charge in [0.15, 0.2) is 0 Å². The highest BCUT2D eigenvalue weighted by atomic mass is 35.5. The van der Waals surface area contributed by atoms with Crippen LogP contribution in [0.25, 0.3) is 10.9 Å². The number of urea groups is 1. The smallest absolute Gasteiger partial charge is 0.319 e. The van der Waals surface area contributed by atoms with E-state index in [1.54, 1.807) is 36.4 Å². The molecule has 1 aliphatic rings. The zero-order chi connectivity index (χ0) is 22.8. The zero-order valence-corrected chi connectivity index (χ0v) is 17.9. The summed E-state index contributed by atoms with van der Waals surface area (Å²) in [6.07, 6.45) is 0.300. The molecule has 10 nitrogen and oxygen atoms in total. The summed E-state index contributed by atoms with van der Waals surface area (Å²) in [5, 5.41) is 16.2. The minimum absolute atomic E-state index is 0.121. The lowest BCUT2D eigenvalue weighted by Gasteiger charge is -2.21. The van der Waals surface area contributed by atoms with Crippen molar-refractivity contribution in [2.45, 2.75) is 25.4 Å². The summed E-state index contributed by atoms with van der Waals surface area (Å²) >= 11 is 12.0. The van der Waals surface area contributed by atoms with Crippen molar-refractivity contribution in [2.75, 3.05) is 5.32 Å². The van der Waals surface area contributed by atoms with Crippen LogP contribution >= 0.6 is 23.2 Å². The Hall–Kier alpha value is -3.50. The largest absolute Gasteiger partial charge is 0.334 e. The first-order valence-corrected chi connectivity index (χ1v) is 10.3. The lowest BCUT2D eigenvalue weighted by molar-refractivity contribution is -0.136. The number of anilines is 1. The summed E-state index contributed by atoms with van der Waals surface area (Å²) in [6.45, 7) is 0.151. The molecule has 1 aliphatic heterocycles. The number of aromatic nitrogens is 3. The highest BCUT2D eigenvalue weighted by Gasteiger charge is 2.30. The third-order valence-electron chi connectivity index (χ3n) is 4.91. The maximum absolute atomic E-state index is 12.8. The van der Waals surface area contributed by atoms with Gasteiger partial charge in [-0.1, -0.05) is 40.5 Å². The Morgan fingerprint density at radius 1 is 1.19 bits per heavy atom. The number of carbonyl (C=O) groups excluding carboxylic acids is 3. The number of piperidine rings is 1. The number of nitrogens with zero attached hydrogens (tertiary/aromatic N) is 3. The van der Waals surface area contributed by atoms with Crippen LogP contribution in [0.15, 0.2) is 41.2 Å². The van der Waals surface area contributed by atoms with Gasteiger partial charge in [0.25, 0.3) is 11.5 Å². The third kappa shape index (κ3) is 4.41. The fourth-order valence-corrected chi connectivity index (χ4v) is 3.63. The number of imide groups is 1. The highest BCUT2D eigenvalue weighted by Crippen LogP contribution is 2.29. The van der Waals surface area contributed by atoms with Crippen LogP contribution in [0, 0.1) is 0 Å². The molecule has 0 bridgehead atoms. The van der Waals surface area contributed by atoms with E-state index < -0.39 is 23.5 Å². The van der Waals surface area contributed by atoms with E-state index in [1.165, 1.54) is 0 Å². The second-order valence-corrected chi connectivity index (χ2v) is 7.85. The summed E-state index contributed by atoms with van der Waals surface area (Å²) in [4.78, 5) is 48.3. The molecule has 3 aromatic rings. The van der Waals surface area contributed by atoms with Crippen molar-refractivity contribution in [2.24, 2.45) is 0 Å². The standard InChI is InChI=1S/C20H16Cl2N6O4/c21-12-2-1-3-13(17(12)22)24-20(32)23-9-10-4-5-11-14(8-10)26-27-28(19(11)31)15-6-7-16(29)25-18(15)30/h1-5,8,15H,6-7,9H2,(H2,23,24,32)(H,25,29,30). The molecule has 0 aliphatic carbocycles. The molecule has 1 aromatic heterocycles. The molecule has 3 N–H and O–H groups in total. The maximum atomic E-state index is 12.8. The summed E-state index contributed by atoms with van der Waals surface area (Å²) < 4.78 is 0.990. The molecule has 1 fully saturated rings. The lowest BCUT2D eigenvalue weighted by atomic mass is 10.1. The Labute approximate surface area is 190 Å². The lowest BCUT2D eigenvalue weighted by Crippen LogP contribution is -2.45. The first-order valence-electron chi connectivity index (χ1n) is 9.54. The van der Waals surface area contributed by atoms with E-state index in [4.69, 9.17) is 23.2 Å². The molecule has 0 saturated carbocycles. The molecule has 0 spiro atoms. The fraction of sp³-hybridized carbons (Fsp3) is 0.200. The first kappa shape index (κ1) is 21.7. The van der Waals surface area contributed by atoms with Crippen LogP contribution < -0.4 is 21.5 Å². The molecule has 1 unspecified atom stereocenters. The predicted octanol–water partition coefficient (Wildman–Crippen LogP) is 2.40. The van der Waals surface area contributed by atoms with Gasteiger partial charge in [0.2, 0.25) is 5.91 Å². The van der Waals surface area contributed by atoms with Crippen molar-refractivity contribution in [3.63, 3.8) is 0 Å². The number of hydrogen-bond acceptors (Lipinski definition) is 6. The molecule has 2 aromatic carbocycles. The number of nitrogens with one attached hydrogen (secondary N) is 3. The van der Waals surface area contributed by atoms with Crippen molar-refractivity contribution in [1.82, 2.24) is 25.6 Å². The van der Waals surface area contributed by atoms with Crippen molar-refractivity contribution in [3.05, 3.63) is 62.4 Å². The Morgan fingerprint density at radius 3 is 2.78 bits per heavy atom. The molecule has 1 saturated heterocycles. The molecule has 12 heteroatoms. The fourth-order valence-electron chi connectivity index (χ4n) is 3.28. The molecule has 2 heterocycles. The molecule has 4 rings (SSSR count). The molecular formula is C20H16Cl2N6O4. The third-order valence-corrected chi connectivity index (χ3v) is 5.73. The topological polar surface area (TPSA) is 135 Å². The summed E-state index contributed by atoms with van der Waals surface area (Å²) in [5.41, 5.74) is 0.876. The highest BCUT2D eigenvalue weighted by molar-refractivity contribution is 6.43. The van der Waals surface area contributed by atoms with Crippen LogP contribution in [0.2, 0.25) is 10.0 Å². The van der Waals surface area contributed by atoms with E-state index in [1.807, 2.05) is 0 Å². The van der Waals surface area contributed by atoms with Crippen LogP contribution in [0.5, 0.6) is 0 Å². The Bertz CT molecular complexity index is 1310. The van der Waals surface area contributed by atoms with E-state index in [-0.39, 0.29) is 35.7 Å². The molecule has 1 atom stereocenters. The molecule has 4 amide bonds. The first-order chi connectivity index (χ1) is 15.3. The quantitative estimate of drug-likeness (QED) is 0.496. The van der Waals surface area contributed by atoms with Gasteiger partial charge in [-0.3, -0.25) is 19.7 Å². The van der Waals surface area contributed by atoms with Crippen molar-refractivity contribution < 1.29 is 14.4 Å². The van der Waals surface area contributed by atoms with Crippen molar-refractivity contribution >= 4 is 57.6 Å². The minimum Gasteiger partial charge on any atom is -0.334 e. The van der Waals surface area contributed by atoms with Gasteiger partial charge in [0, 0.05) is 13.0 Å². The van der Waals surface area contributed by atoms with E-state index >= 15 is 0 Å². The minimum atomic E-state index is -0.888. The Kier molecular flexibility index (Phi) is 6.06. The van der Waals surface area contributed by atoms with Crippen LogP contribution in [0.1, 0.15) is 24.4 Å². The molecule has 164 valence electrons. The number of benzene rings is 2. The SMILES string of the molecule is O=C1CCC(n2nnc3cc(CNC(=O)Nc4cccc(Cl)c4Cl)ccc3c2=O)C(=O)N1. The van der Waals surface area contributed by atoms with Gasteiger partial charge in [-0.05, 0) is 36.2 Å².